The maximum absolute atomic E-state index is 3.41. The molecule has 0 radical (unpaired) electrons. The summed E-state index contributed by atoms with van der Waals surface area (Å²) in [4.78, 5) is 0. The largest absolute Gasteiger partial charge is 0.314 e. The van der Waals surface area contributed by atoms with E-state index < -0.39 is 0 Å². The minimum atomic E-state index is 0.609. The topological polar surface area (TPSA) is 12.0 Å². The molecule has 0 heterocycles. The average molecular weight is 183 g/mol. The van der Waals surface area contributed by atoms with Crippen LogP contribution in [0.2, 0.25) is 0 Å². The van der Waals surface area contributed by atoms with Gasteiger partial charge in [0.15, 0.2) is 0 Å². The van der Waals surface area contributed by atoms with Crippen molar-refractivity contribution in [1.29, 1.82) is 0 Å². The van der Waals surface area contributed by atoms with Crippen LogP contribution in [-0.2, 0) is 0 Å². The van der Waals surface area contributed by atoms with Crippen LogP contribution in [0.3, 0.4) is 0 Å². The van der Waals surface area contributed by atoms with E-state index in [1.54, 1.807) is 0 Å². The Balaban J connectivity index is 3.59. The maximum atomic E-state index is 3.41. The zero-order valence-corrected chi connectivity index (χ0v) is 9.85. The molecule has 1 nitrogen and oxygen atoms in total. The molecule has 1 atom stereocenters. The quantitative estimate of drug-likeness (QED) is 0.492. The maximum Gasteiger partial charge on any atom is 0.00105 e. The van der Waals surface area contributed by atoms with Crippen molar-refractivity contribution in [3.8, 4) is 0 Å². The summed E-state index contributed by atoms with van der Waals surface area (Å²) in [7, 11) is 0. The van der Waals surface area contributed by atoms with Crippen molar-refractivity contribution in [3.63, 3.8) is 0 Å². The van der Waals surface area contributed by atoms with Crippen molar-refractivity contribution in [3.05, 3.63) is 11.6 Å². The molecule has 13 heavy (non-hydrogen) atoms. The molecule has 0 saturated heterocycles. The minimum Gasteiger partial charge on any atom is -0.314 e. The van der Waals surface area contributed by atoms with Gasteiger partial charge < -0.3 is 5.32 Å². The first-order chi connectivity index (χ1) is 6.07. The smallest absolute Gasteiger partial charge is 0.00105 e. The Morgan fingerprint density at radius 2 is 1.92 bits per heavy atom. The molecule has 1 heteroatoms. The molecule has 0 bridgehead atoms. The van der Waals surface area contributed by atoms with Gasteiger partial charge in [-0.25, -0.2) is 0 Å². The SMILES string of the molecule is CCC(C)C(C)=CCCNC(C)C. The highest BCUT2D eigenvalue weighted by Gasteiger charge is 1.99. The summed E-state index contributed by atoms with van der Waals surface area (Å²) in [5, 5.41) is 3.41. The van der Waals surface area contributed by atoms with Gasteiger partial charge >= 0.3 is 0 Å². The van der Waals surface area contributed by atoms with Gasteiger partial charge in [0.1, 0.15) is 0 Å². The number of allylic oxidation sites excluding steroid dienone is 1. The summed E-state index contributed by atoms with van der Waals surface area (Å²) in [6.45, 7) is 12.3. The zero-order valence-electron chi connectivity index (χ0n) is 9.85. The van der Waals surface area contributed by atoms with Crippen LogP contribution in [0.25, 0.3) is 0 Å². The molecule has 0 fully saturated rings. The summed E-state index contributed by atoms with van der Waals surface area (Å²) in [5.41, 5.74) is 1.54. The van der Waals surface area contributed by atoms with Crippen LogP contribution in [0.1, 0.15) is 47.5 Å². The van der Waals surface area contributed by atoms with Crippen LogP contribution >= 0.6 is 0 Å². The van der Waals surface area contributed by atoms with E-state index >= 15 is 0 Å². The highest BCUT2D eigenvalue weighted by molar-refractivity contribution is 5.01. The fourth-order valence-electron chi connectivity index (χ4n) is 1.20. The van der Waals surface area contributed by atoms with Gasteiger partial charge in [0.2, 0.25) is 0 Å². The Morgan fingerprint density at radius 1 is 1.31 bits per heavy atom. The molecule has 0 aliphatic heterocycles. The molecule has 0 aromatic rings. The van der Waals surface area contributed by atoms with Gasteiger partial charge in [-0.05, 0) is 32.2 Å². The Kier molecular flexibility index (Phi) is 6.97. The lowest BCUT2D eigenvalue weighted by molar-refractivity contribution is 0.590. The van der Waals surface area contributed by atoms with Crippen LogP contribution in [0.4, 0.5) is 0 Å². The monoisotopic (exact) mass is 183 g/mol. The predicted octanol–water partition coefficient (Wildman–Crippen LogP) is 3.37. The number of nitrogens with one attached hydrogen (secondary N) is 1. The number of rotatable bonds is 6. The molecule has 1 N–H and O–H groups in total. The second-order valence-corrected chi connectivity index (χ2v) is 4.15. The van der Waals surface area contributed by atoms with Crippen molar-refractivity contribution in [1.82, 2.24) is 5.32 Å². The lowest BCUT2D eigenvalue weighted by Gasteiger charge is -2.10. The third kappa shape index (κ3) is 6.83. The fraction of sp³-hybridized carbons (Fsp3) is 0.833. The van der Waals surface area contributed by atoms with E-state index in [1.165, 1.54) is 12.0 Å². The van der Waals surface area contributed by atoms with Gasteiger partial charge in [0.25, 0.3) is 0 Å². The number of hydrogen-bond acceptors (Lipinski definition) is 1. The summed E-state index contributed by atoms with van der Waals surface area (Å²) in [5.74, 6) is 0.749. The Hall–Kier alpha value is -0.300. The first-order valence-corrected chi connectivity index (χ1v) is 5.48. The molecule has 0 aromatic carbocycles. The Bertz CT molecular complexity index is 147. The third-order valence-electron chi connectivity index (χ3n) is 2.55. The summed E-state index contributed by atoms with van der Waals surface area (Å²) in [6, 6.07) is 0.609. The molecule has 0 aromatic heterocycles. The van der Waals surface area contributed by atoms with Crippen LogP contribution < -0.4 is 5.32 Å². The normalized spacial score (nSPS) is 15.1. The van der Waals surface area contributed by atoms with E-state index in [0.717, 1.165) is 18.9 Å². The lowest BCUT2D eigenvalue weighted by atomic mass is 9.99. The van der Waals surface area contributed by atoms with Crippen molar-refractivity contribution in [2.75, 3.05) is 6.54 Å². The highest BCUT2D eigenvalue weighted by atomic mass is 14.9. The van der Waals surface area contributed by atoms with Gasteiger partial charge in [0.05, 0.1) is 0 Å². The molecular weight excluding hydrogens is 158 g/mol. The minimum absolute atomic E-state index is 0.609. The third-order valence-corrected chi connectivity index (χ3v) is 2.55. The van der Waals surface area contributed by atoms with E-state index in [-0.39, 0.29) is 0 Å². The van der Waals surface area contributed by atoms with Crippen LogP contribution in [0, 0.1) is 5.92 Å². The van der Waals surface area contributed by atoms with Gasteiger partial charge in [-0.2, -0.15) is 0 Å². The van der Waals surface area contributed by atoms with Crippen LogP contribution in [0.5, 0.6) is 0 Å². The first-order valence-electron chi connectivity index (χ1n) is 5.48. The van der Waals surface area contributed by atoms with Gasteiger partial charge in [-0.15, -0.1) is 0 Å². The van der Waals surface area contributed by atoms with E-state index in [2.05, 4.69) is 46.0 Å². The second-order valence-electron chi connectivity index (χ2n) is 4.15. The molecule has 0 amide bonds. The molecule has 78 valence electrons. The molecule has 0 aliphatic rings. The molecule has 0 aliphatic carbocycles. The van der Waals surface area contributed by atoms with Crippen molar-refractivity contribution >= 4 is 0 Å². The first kappa shape index (κ1) is 12.7. The lowest BCUT2D eigenvalue weighted by Crippen LogP contribution is -2.23. The van der Waals surface area contributed by atoms with Gasteiger partial charge in [0, 0.05) is 6.04 Å². The molecule has 0 spiro atoms. The number of hydrogen-bond donors (Lipinski definition) is 1. The van der Waals surface area contributed by atoms with E-state index in [1.807, 2.05) is 0 Å². The molecule has 0 saturated carbocycles. The fourth-order valence-corrected chi connectivity index (χ4v) is 1.20. The molecule has 1 unspecified atom stereocenters. The van der Waals surface area contributed by atoms with Gasteiger partial charge in [-0.3, -0.25) is 0 Å². The van der Waals surface area contributed by atoms with E-state index in [4.69, 9.17) is 0 Å². The zero-order chi connectivity index (χ0) is 10.3. The average Bonchev–Trinajstić information content (AvgIpc) is 2.10. The van der Waals surface area contributed by atoms with Crippen LogP contribution in [-0.4, -0.2) is 12.6 Å². The van der Waals surface area contributed by atoms with Crippen molar-refractivity contribution in [2.24, 2.45) is 5.92 Å². The summed E-state index contributed by atoms with van der Waals surface area (Å²) >= 11 is 0. The van der Waals surface area contributed by atoms with Crippen LogP contribution in [0.15, 0.2) is 11.6 Å². The predicted molar refractivity (Wildman–Crippen MR) is 61.0 cm³/mol. The second kappa shape index (κ2) is 7.14. The standard InChI is InChI=1S/C12H25N/c1-6-11(4)12(5)8-7-9-13-10(2)3/h8,10-11,13H,6-7,9H2,1-5H3. The van der Waals surface area contributed by atoms with Crippen molar-refractivity contribution < 1.29 is 0 Å². The Labute approximate surface area is 83.6 Å². The molecule has 0 rings (SSSR count). The van der Waals surface area contributed by atoms with Crippen molar-refractivity contribution in [2.45, 2.75) is 53.5 Å². The summed E-state index contributed by atoms with van der Waals surface area (Å²) < 4.78 is 0. The van der Waals surface area contributed by atoms with Gasteiger partial charge in [-0.1, -0.05) is 39.3 Å². The van der Waals surface area contributed by atoms with E-state index in [9.17, 15) is 0 Å². The molecular formula is C12H25N. The highest BCUT2D eigenvalue weighted by Crippen LogP contribution is 2.13. The van der Waals surface area contributed by atoms with E-state index in [0.29, 0.717) is 6.04 Å². The Morgan fingerprint density at radius 3 is 2.38 bits per heavy atom. The summed E-state index contributed by atoms with van der Waals surface area (Å²) in [6.07, 6.45) is 4.78.